The summed E-state index contributed by atoms with van der Waals surface area (Å²) >= 11 is 0. The summed E-state index contributed by atoms with van der Waals surface area (Å²) in [4.78, 5) is 14.8. The van der Waals surface area contributed by atoms with Crippen molar-refractivity contribution in [3.63, 3.8) is 0 Å². The number of hydrogen-bond acceptors (Lipinski definition) is 2. The Balaban J connectivity index is 1.78. The van der Waals surface area contributed by atoms with E-state index in [1.54, 1.807) is 4.90 Å². The number of nitrogens with zero attached hydrogens (tertiary/aromatic N) is 2. The fourth-order valence-electron chi connectivity index (χ4n) is 2.62. The maximum Gasteiger partial charge on any atom is 0.312 e. The van der Waals surface area contributed by atoms with Crippen LogP contribution in [0.2, 0.25) is 0 Å². The Morgan fingerprint density at radius 3 is 2.14 bits per heavy atom. The molecule has 1 radical (unpaired) electrons. The fourth-order valence-corrected chi connectivity index (χ4v) is 2.62. The molecule has 0 bridgehead atoms. The standard InChI is InChI=1S/C11H19N2O/c14-10-12-6-8-13(9-7-12)11-4-2-1-3-5-11/h11H,1-9H2. The van der Waals surface area contributed by atoms with E-state index in [0.717, 1.165) is 32.2 Å². The second-order valence-corrected chi connectivity index (χ2v) is 4.41. The lowest BCUT2D eigenvalue weighted by Crippen LogP contribution is -2.50. The minimum atomic E-state index is 0.803. The van der Waals surface area contributed by atoms with Gasteiger partial charge in [0, 0.05) is 32.2 Å². The highest BCUT2D eigenvalue weighted by Gasteiger charge is 2.24. The smallest absolute Gasteiger partial charge is 0.312 e. The van der Waals surface area contributed by atoms with Crippen LogP contribution in [0, 0.1) is 0 Å². The first kappa shape index (κ1) is 9.97. The van der Waals surface area contributed by atoms with Gasteiger partial charge in [-0.2, -0.15) is 0 Å². The summed E-state index contributed by atoms with van der Waals surface area (Å²) in [7, 11) is 0. The van der Waals surface area contributed by atoms with Crippen molar-refractivity contribution in [1.82, 2.24) is 9.80 Å². The molecule has 0 N–H and O–H groups in total. The van der Waals surface area contributed by atoms with Crippen molar-refractivity contribution in [2.24, 2.45) is 0 Å². The summed E-state index contributed by atoms with van der Waals surface area (Å²) < 4.78 is 0. The third-order valence-corrected chi connectivity index (χ3v) is 3.53. The maximum absolute atomic E-state index is 10.4. The maximum atomic E-state index is 10.4. The predicted molar refractivity (Wildman–Crippen MR) is 55.7 cm³/mol. The van der Waals surface area contributed by atoms with Crippen LogP contribution in [0.25, 0.3) is 0 Å². The van der Waals surface area contributed by atoms with Crippen LogP contribution < -0.4 is 0 Å². The van der Waals surface area contributed by atoms with Gasteiger partial charge in [0.25, 0.3) is 0 Å². The number of piperazine rings is 1. The Hall–Kier alpha value is -0.570. The highest BCUT2D eigenvalue weighted by Crippen LogP contribution is 2.23. The van der Waals surface area contributed by atoms with Crippen LogP contribution in [0.15, 0.2) is 0 Å². The molecule has 0 spiro atoms. The summed E-state index contributed by atoms with van der Waals surface area (Å²) in [5, 5.41) is 0. The van der Waals surface area contributed by atoms with Crippen LogP contribution in [-0.2, 0) is 4.79 Å². The van der Waals surface area contributed by atoms with Crippen LogP contribution in [0.3, 0.4) is 0 Å². The molecule has 3 nitrogen and oxygen atoms in total. The number of hydrogen-bond donors (Lipinski definition) is 0. The molecule has 1 aliphatic heterocycles. The number of carbonyl (C=O) groups excluding carboxylic acids is 1. The molecule has 2 fully saturated rings. The molecular formula is C11H19N2O. The van der Waals surface area contributed by atoms with Crippen LogP contribution >= 0.6 is 0 Å². The molecule has 0 aromatic heterocycles. The van der Waals surface area contributed by atoms with Crippen molar-refractivity contribution in [3.05, 3.63) is 0 Å². The molecule has 1 amide bonds. The van der Waals surface area contributed by atoms with E-state index in [1.165, 1.54) is 32.1 Å². The largest absolute Gasteiger partial charge is 0.332 e. The monoisotopic (exact) mass is 195 g/mol. The van der Waals surface area contributed by atoms with Gasteiger partial charge in [-0.25, -0.2) is 0 Å². The zero-order chi connectivity index (χ0) is 9.80. The van der Waals surface area contributed by atoms with Crippen molar-refractivity contribution in [3.8, 4) is 0 Å². The minimum Gasteiger partial charge on any atom is -0.332 e. The molecule has 2 rings (SSSR count). The third-order valence-electron chi connectivity index (χ3n) is 3.53. The van der Waals surface area contributed by atoms with Crippen LogP contribution in [0.4, 0.5) is 0 Å². The van der Waals surface area contributed by atoms with Gasteiger partial charge in [-0.05, 0) is 12.8 Å². The Morgan fingerprint density at radius 2 is 1.57 bits per heavy atom. The summed E-state index contributed by atoms with van der Waals surface area (Å²) in [5.74, 6) is 0. The van der Waals surface area contributed by atoms with E-state index < -0.39 is 0 Å². The van der Waals surface area contributed by atoms with Crippen molar-refractivity contribution < 1.29 is 4.79 Å². The van der Waals surface area contributed by atoms with Crippen molar-refractivity contribution >= 4 is 6.41 Å². The molecule has 3 heteroatoms. The van der Waals surface area contributed by atoms with E-state index in [-0.39, 0.29) is 0 Å². The molecular weight excluding hydrogens is 176 g/mol. The van der Waals surface area contributed by atoms with Crippen LogP contribution in [0.1, 0.15) is 32.1 Å². The normalized spacial score (nSPS) is 26.4. The molecule has 1 saturated carbocycles. The average Bonchev–Trinajstić information content (AvgIpc) is 2.30. The minimum absolute atomic E-state index is 0.803. The van der Waals surface area contributed by atoms with E-state index in [0.29, 0.717) is 0 Å². The van der Waals surface area contributed by atoms with Gasteiger partial charge in [0.2, 0.25) is 0 Å². The van der Waals surface area contributed by atoms with E-state index in [9.17, 15) is 4.79 Å². The Bertz CT molecular complexity index is 182. The first-order chi connectivity index (χ1) is 6.90. The molecule has 1 aliphatic carbocycles. The zero-order valence-corrected chi connectivity index (χ0v) is 8.74. The first-order valence-corrected chi connectivity index (χ1v) is 5.77. The third kappa shape index (κ3) is 2.27. The summed E-state index contributed by atoms with van der Waals surface area (Å²) in [6, 6.07) is 0.803. The number of rotatable bonds is 2. The van der Waals surface area contributed by atoms with Gasteiger partial charge < -0.3 is 4.90 Å². The average molecular weight is 195 g/mol. The topological polar surface area (TPSA) is 23.6 Å². The molecule has 0 unspecified atom stereocenters. The van der Waals surface area contributed by atoms with E-state index in [1.807, 2.05) is 6.41 Å². The molecule has 1 heterocycles. The highest BCUT2D eigenvalue weighted by atomic mass is 16.1. The lowest BCUT2D eigenvalue weighted by Gasteiger charge is -2.39. The van der Waals surface area contributed by atoms with Gasteiger partial charge in [0.15, 0.2) is 0 Å². The molecule has 0 aromatic rings. The Kier molecular flexibility index (Phi) is 3.40. The van der Waals surface area contributed by atoms with Crippen LogP contribution in [-0.4, -0.2) is 48.4 Å². The van der Waals surface area contributed by atoms with Gasteiger partial charge in [0.1, 0.15) is 0 Å². The molecule has 79 valence electrons. The Labute approximate surface area is 86.1 Å². The highest BCUT2D eigenvalue weighted by molar-refractivity contribution is 5.48. The quantitative estimate of drug-likeness (QED) is 0.656. The van der Waals surface area contributed by atoms with Gasteiger partial charge in [-0.1, -0.05) is 19.3 Å². The molecule has 0 atom stereocenters. The molecule has 2 aliphatic rings. The van der Waals surface area contributed by atoms with E-state index in [4.69, 9.17) is 0 Å². The zero-order valence-electron chi connectivity index (χ0n) is 8.74. The molecule has 1 saturated heterocycles. The SMILES string of the molecule is O=[C]N1CCN(C2CCCCC2)CC1. The Morgan fingerprint density at radius 1 is 0.929 bits per heavy atom. The first-order valence-electron chi connectivity index (χ1n) is 5.77. The van der Waals surface area contributed by atoms with Gasteiger partial charge in [-0.3, -0.25) is 9.69 Å². The van der Waals surface area contributed by atoms with Gasteiger partial charge >= 0.3 is 6.41 Å². The predicted octanol–water partition coefficient (Wildman–Crippen LogP) is 1.00. The lowest BCUT2D eigenvalue weighted by atomic mass is 9.94. The van der Waals surface area contributed by atoms with Crippen LogP contribution in [0.5, 0.6) is 0 Å². The van der Waals surface area contributed by atoms with E-state index in [2.05, 4.69) is 4.90 Å². The van der Waals surface area contributed by atoms with Gasteiger partial charge in [0.05, 0.1) is 0 Å². The lowest BCUT2D eigenvalue weighted by molar-refractivity contribution is 0.106. The van der Waals surface area contributed by atoms with E-state index >= 15 is 0 Å². The number of amides is 1. The summed E-state index contributed by atoms with van der Waals surface area (Å²) in [5.41, 5.74) is 0. The summed E-state index contributed by atoms with van der Waals surface area (Å²) in [6.07, 6.45) is 8.92. The second kappa shape index (κ2) is 4.78. The van der Waals surface area contributed by atoms with Gasteiger partial charge in [-0.15, -0.1) is 0 Å². The fraction of sp³-hybridized carbons (Fsp3) is 0.909. The molecule has 14 heavy (non-hydrogen) atoms. The molecule has 0 aromatic carbocycles. The van der Waals surface area contributed by atoms with Crippen molar-refractivity contribution in [2.75, 3.05) is 26.2 Å². The second-order valence-electron chi connectivity index (χ2n) is 4.41. The van der Waals surface area contributed by atoms with Crippen molar-refractivity contribution in [2.45, 2.75) is 38.1 Å². The summed E-state index contributed by atoms with van der Waals surface area (Å²) in [6.45, 7) is 3.86. The van der Waals surface area contributed by atoms with Crippen molar-refractivity contribution in [1.29, 1.82) is 0 Å².